The summed E-state index contributed by atoms with van der Waals surface area (Å²) in [7, 11) is 0. The molecule has 0 aliphatic heterocycles. The Morgan fingerprint density at radius 1 is 0.944 bits per heavy atom. The maximum Gasteiger partial charge on any atom is 0.0205 e. The van der Waals surface area contributed by atoms with E-state index in [0.717, 1.165) is 25.9 Å². The van der Waals surface area contributed by atoms with Crippen LogP contribution >= 0.6 is 0 Å². The Bertz CT molecular complexity index is 345. The summed E-state index contributed by atoms with van der Waals surface area (Å²) in [5.41, 5.74) is 1.36. The average molecular weight is 243 g/mol. The lowest BCUT2D eigenvalue weighted by Crippen LogP contribution is -2.14. The molecule has 0 bridgehead atoms. The summed E-state index contributed by atoms with van der Waals surface area (Å²) >= 11 is 0. The molecule has 0 saturated heterocycles. The number of rotatable bonds is 8. The van der Waals surface area contributed by atoms with Gasteiger partial charge >= 0.3 is 0 Å². The molecule has 0 aromatic heterocycles. The molecule has 1 N–H and O–H groups in total. The van der Waals surface area contributed by atoms with E-state index in [1.807, 2.05) is 0 Å². The van der Waals surface area contributed by atoms with E-state index >= 15 is 0 Å². The predicted molar refractivity (Wildman–Crippen MR) is 79.3 cm³/mol. The van der Waals surface area contributed by atoms with Crippen molar-refractivity contribution in [3.8, 4) is 11.8 Å². The van der Waals surface area contributed by atoms with Gasteiger partial charge in [0.25, 0.3) is 0 Å². The standard InChI is InChI=1S/C17H25N/c1-2-3-4-5-6-7-8-12-15-18-16-17-13-10-9-11-14-17/h9-11,13-14,18H,2-4,7-8,12,15-16H2,1H3. The fourth-order valence-corrected chi connectivity index (χ4v) is 1.73. The molecular weight excluding hydrogens is 218 g/mol. The van der Waals surface area contributed by atoms with Crippen LogP contribution < -0.4 is 5.32 Å². The van der Waals surface area contributed by atoms with Crippen LogP contribution in [-0.2, 0) is 6.54 Å². The molecule has 1 rings (SSSR count). The summed E-state index contributed by atoms with van der Waals surface area (Å²) < 4.78 is 0. The van der Waals surface area contributed by atoms with Crippen LogP contribution in [-0.4, -0.2) is 6.54 Å². The molecule has 1 aromatic rings. The molecule has 0 aliphatic carbocycles. The molecule has 1 heteroatoms. The van der Waals surface area contributed by atoms with Crippen molar-refractivity contribution in [3.63, 3.8) is 0 Å². The molecule has 0 unspecified atom stereocenters. The maximum absolute atomic E-state index is 3.46. The summed E-state index contributed by atoms with van der Waals surface area (Å²) in [4.78, 5) is 0. The van der Waals surface area contributed by atoms with Crippen molar-refractivity contribution < 1.29 is 0 Å². The molecule has 1 aromatic carbocycles. The number of nitrogens with one attached hydrogen (secondary N) is 1. The van der Waals surface area contributed by atoms with E-state index in [-0.39, 0.29) is 0 Å². The normalized spacial score (nSPS) is 9.83. The Hall–Kier alpha value is -1.26. The van der Waals surface area contributed by atoms with E-state index in [2.05, 4.69) is 54.4 Å². The lowest BCUT2D eigenvalue weighted by Gasteiger charge is -2.03. The Balaban J connectivity index is 1.91. The average Bonchev–Trinajstić information content (AvgIpc) is 2.42. The maximum atomic E-state index is 3.46. The summed E-state index contributed by atoms with van der Waals surface area (Å²) in [5.74, 6) is 6.48. The van der Waals surface area contributed by atoms with Crippen molar-refractivity contribution in [2.75, 3.05) is 6.54 Å². The Morgan fingerprint density at radius 2 is 1.67 bits per heavy atom. The van der Waals surface area contributed by atoms with Gasteiger partial charge in [-0.1, -0.05) is 43.7 Å². The molecule has 0 aliphatic rings. The van der Waals surface area contributed by atoms with Gasteiger partial charge in [-0.3, -0.25) is 0 Å². The van der Waals surface area contributed by atoms with Crippen molar-refractivity contribution in [1.29, 1.82) is 0 Å². The molecule has 0 atom stereocenters. The van der Waals surface area contributed by atoms with Crippen molar-refractivity contribution in [2.24, 2.45) is 0 Å². The Kier molecular flexibility index (Phi) is 8.93. The Labute approximate surface area is 112 Å². The molecule has 18 heavy (non-hydrogen) atoms. The van der Waals surface area contributed by atoms with Crippen LogP contribution in [0.15, 0.2) is 30.3 Å². The minimum atomic E-state index is 0.975. The quantitative estimate of drug-likeness (QED) is 0.534. The minimum Gasteiger partial charge on any atom is -0.313 e. The molecule has 0 fully saturated rings. The molecule has 0 heterocycles. The van der Waals surface area contributed by atoms with E-state index in [4.69, 9.17) is 0 Å². The van der Waals surface area contributed by atoms with Crippen LogP contribution in [0.1, 0.15) is 51.0 Å². The van der Waals surface area contributed by atoms with Gasteiger partial charge in [-0.15, -0.1) is 11.8 Å². The van der Waals surface area contributed by atoms with E-state index in [1.165, 1.54) is 31.2 Å². The van der Waals surface area contributed by atoms with Gasteiger partial charge in [-0.2, -0.15) is 0 Å². The fourth-order valence-electron chi connectivity index (χ4n) is 1.73. The largest absolute Gasteiger partial charge is 0.313 e. The zero-order valence-corrected chi connectivity index (χ0v) is 11.5. The van der Waals surface area contributed by atoms with Crippen LogP contribution in [0.5, 0.6) is 0 Å². The predicted octanol–water partition coefficient (Wildman–Crippen LogP) is 4.14. The Morgan fingerprint density at radius 3 is 2.39 bits per heavy atom. The third kappa shape index (κ3) is 7.92. The third-order valence-corrected chi connectivity index (χ3v) is 2.86. The second-order valence-electron chi connectivity index (χ2n) is 4.58. The third-order valence-electron chi connectivity index (χ3n) is 2.86. The highest BCUT2D eigenvalue weighted by molar-refractivity contribution is 5.14. The van der Waals surface area contributed by atoms with E-state index < -0.39 is 0 Å². The first-order valence-corrected chi connectivity index (χ1v) is 7.14. The zero-order valence-electron chi connectivity index (χ0n) is 11.5. The van der Waals surface area contributed by atoms with Gasteiger partial charge in [0.2, 0.25) is 0 Å². The van der Waals surface area contributed by atoms with Crippen LogP contribution in [0.3, 0.4) is 0 Å². The first-order valence-electron chi connectivity index (χ1n) is 7.14. The highest BCUT2D eigenvalue weighted by atomic mass is 14.8. The second kappa shape index (κ2) is 10.9. The highest BCUT2D eigenvalue weighted by Crippen LogP contribution is 1.98. The lowest BCUT2D eigenvalue weighted by molar-refractivity contribution is 0.629. The summed E-state index contributed by atoms with van der Waals surface area (Å²) in [6, 6.07) is 10.5. The van der Waals surface area contributed by atoms with Gasteiger partial charge in [-0.25, -0.2) is 0 Å². The number of hydrogen-bond acceptors (Lipinski definition) is 1. The molecule has 0 radical (unpaired) electrons. The molecule has 0 spiro atoms. The summed E-state index contributed by atoms with van der Waals surface area (Å²) in [6.45, 7) is 4.27. The fraction of sp³-hybridized carbons (Fsp3) is 0.529. The lowest BCUT2D eigenvalue weighted by atomic mass is 10.2. The first kappa shape index (κ1) is 14.8. The van der Waals surface area contributed by atoms with Gasteiger partial charge < -0.3 is 5.32 Å². The molecular formula is C17H25N. The van der Waals surface area contributed by atoms with E-state index in [9.17, 15) is 0 Å². The SMILES string of the molecule is CCCCC#CCCCCNCc1ccccc1. The van der Waals surface area contributed by atoms with Crippen LogP contribution in [0.2, 0.25) is 0 Å². The van der Waals surface area contributed by atoms with Crippen molar-refractivity contribution in [1.82, 2.24) is 5.32 Å². The topological polar surface area (TPSA) is 12.0 Å². The van der Waals surface area contributed by atoms with Crippen molar-refractivity contribution >= 4 is 0 Å². The van der Waals surface area contributed by atoms with Crippen LogP contribution in [0.25, 0.3) is 0 Å². The molecule has 98 valence electrons. The van der Waals surface area contributed by atoms with Crippen molar-refractivity contribution in [2.45, 2.75) is 52.0 Å². The van der Waals surface area contributed by atoms with Crippen LogP contribution in [0, 0.1) is 11.8 Å². The summed E-state index contributed by atoms with van der Waals surface area (Å²) in [5, 5.41) is 3.46. The number of unbranched alkanes of at least 4 members (excludes halogenated alkanes) is 4. The van der Waals surface area contributed by atoms with Crippen LogP contribution in [0.4, 0.5) is 0 Å². The zero-order chi connectivity index (χ0) is 12.9. The van der Waals surface area contributed by atoms with E-state index in [0.29, 0.717) is 0 Å². The summed E-state index contributed by atoms with van der Waals surface area (Å²) in [6.07, 6.45) is 7.04. The van der Waals surface area contributed by atoms with Gasteiger partial charge in [0.1, 0.15) is 0 Å². The smallest absolute Gasteiger partial charge is 0.0205 e. The van der Waals surface area contributed by atoms with Gasteiger partial charge in [0.05, 0.1) is 0 Å². The van der Waals surface area contributed by atoms with Gasteiger partial charge in [0.15, 0.2) is 0 Å². The van der Waals surface area contributed by atoms with Gasteiger partial charge in [-0.05, 0) is 31.4 Å². The van der Waals surface area contributed by atoms with E-state index in [1.54, 1.807) is 0 Å². The van der Waals surface area contributed by atoms with Gasteiger partial charge in [0, 0.05) is 19.4 Å². The second-order valence-corrected chi connectivity index (χ2v) is 4.58. The number of hydrogen-bond donors (Lipinski definition) is 1. The van der Waals surface area contributed by atoms with Crippen molar-refractivity contribution in [3.05, 3.63) is 35.9 Å². The molecule has 0 saturated carbocycles. The first-order chi connectivity index (χ1) is 8.93. The highest BCUT2D eigenvalue weighted by Gasteiger charge is 1.90. The number of benzene rings is 1. The monoisotopic (exact) mass is 243 g/mol. The minimum absolute atomic E-state index is 0.975. The molecule has 1 nitrogen and oxygen atoms in total. The molecule has 0 amide bonds.